The Kier molecular flexibility index (Phi) is 7.00. The van der Waals surface area contributed by atoms with Crippen molar-refractivity contribution in [3.05, 3.63) is 28.7 Å². The van der Waals surface area contributed by atoms with Gasteiger partial charge in [0.15, 0.2) is 5.96 Å². The summed E-state index contributed by atoms with van der Waals surface area (Å²) in [4.78, 5) is 6.80. The number of aliphatic imine (C=N–C) groups is 1. The van der Waals surface area contributed by atoms with Crippen LogP contribution in [0.3, 0.4) is 0 Å². The first kappa shape index (κ1) is 18.8. The first-order valence-corrected chi connectivity index (χ1v) is 8.92. The normalized spacial score (nSPS) is 26.7. The van der Waals surface area contributed by atoms with Crippen molar-refractivity contribution in [2.45, 2.75) is 25.8 Å². The number of anilines is 1. The average Bonchev–Trinajstić information content (AvgIpc) is 3.01. The van der Waals surface area contributed by atoms with Gasteiger partial charge in [0.1, 0.15) is 0 Å². The van der Waals surface area contributed by atoms with Crippen LogP contribution in [0.15, 0.2) is 33.7 Å². The van der Waals surface area contributed by atoms with E-state index in [1.54, 1.807) is 0 Å². The molecule has 3 rings (SSSR count). The molecule has 0 radical (unpaired) electrons. The molecule has 1 heterocycles. The maximum atomic E-state index is 4.33. The number of nitrogens with one attached hydrogen (secondary N) is 2. The van der Waals surface area contributed by atoms with Gasteiger partial charge in [0.05, 0.1) is 0 Å². The fourth-order valence-electron chi connectivity index (χ4n) is 3.02. The fourth-order valence-corrected chi connectivity index (χ4v) is 3.28. The minimum Gasteiger partial charge on any atom is -0.371 e. The van der Waals surface area contributed by atoms with E-state index in [0.717, 1.165) is 36.0 Å². The molecule has 0 bridgehead atoms. The van der Waals surface area contributed by atoms with E-state index in [9.17, 15) is 0 Å². The van der Waals surface area contributed by atoms with Crippen LogP contribution in [-0.4, -0.2) is 38.7 Å². The highest BCUT2D eigenvalue weighted by Gasteiger charge is 2.33. The van der Waals surface area contributed by atoms with E-state index in [4.69, 9.17) is 0 Å². The smallest absolute Gasteiger partial charge is 0.191 e. The second-order valence-electron chi connectivity index (χ2n) is 6.49. The molecule has 2 N–H and O–H groups in total. The highest BCUT2D eigenvalue weighted by Crippen LogP contribution is 2.29. The second kappa shape index (κ2) is 8.55. The quantitative estimate of drug-likeness (QED) is 0.384. The highest BCUT2D eigenvalue weighted by molar-refractivity contribution is 14.0. The van der Waals surface area contributed by atoms with Gasteiger partial charge in [0, 0.05) is 42.9 Å². The predicted octanol–water partition coefficient (Wildman–Crippen LogP) is 3.47. The van der Waals surface area contributed by atoms with E-state index in [1.807, 2.05) is 7.05 Å². The molecular weight excluding hydrogens is 467 g/mol. The van der Waals surface area contributed by atoms with E-state index in [1.165, 1.54) is 18.5 Å². The Morgan fingerprint density at radius 3 is 2.65 bits per heavy atom. The van der Waals surface area contributed by atoms with Gasteiger partial charge in [-0.05, 0) is 48.9 Å². The van der Waals surface area contributed by atoms with Crippen LogP contribution in [0.1, 0.15) is 19.8 Å². The fraction of sp³-hybridized carbons (Fsp3) is 0.588. The van der Waals surface area contributed by atoms with Gasteiger partial charge in [-0.2, -0.15) is 0 Å². The summed E-state index contributed by atoms with van der Waals surface area (Å²) in [6, 6.07) is 9.23. The predicted molar refractivity (Wildman–Crippen MR) is 112 cm³/mol. The number of nitrogens with zero attached hydrogens (tertiary/aromatic N) is 2. The Morgan fingerprint density at radius 1 is 1.35 bits per heavy atom. The number of hydrogen-bond acceptors (Lipinski definition) is 2. The molecule has 1 aliphatic heterocycles. The number of benzene rings is 1. The third-order valence-electron chi connectivity index (χ3n) is 4.69. The van der Waals surface area contributed by atoms with Crippen LogP contribution in [0.25, 0.3) is 0 Å². The lowest BCUT2D eigenvalue weighted by Crippen LogP contribution is -2.41. The molecule has 6 heteroatoms. The molecule has 0 spiro atoms. The van der Waals surface area contributed by atoms with Crippen molar-refractivity contribution in [2.24, 2.45) is 16.8 Å². The summed E-state index contributed by atoms with van der Waals surface area (Å²) in [7, 11) is 1.85. The average molecular weight is 493 g/mol. The molecule has 1 aromatic carbocycles. The zero-order valence-electron chi connectivity index (χ0n) is 13.8. The number of halogens is 2. The van der Waals surface area contributed by atoms with E-state index in [2.05, 4.69) is 67.6 Å². The van der Waals surface area contributed by atoms with Gasteiger partial charge in [0.2, 0.25) is 0 Å². The summed E-state index contributed by atoms with van der Waals surface area (Å²) in [5.74, 6) is 2.42. The topological polar surface area (TPSA) is 39.7 Å². The third-order valence-corrected chi connectivity index (χ3v) is 5.22. The Labute approximate surface area is 164 Å². The Bertz CT molecular complexity index is 534. The Balaban J connectivity index is 0.00000192. The minimum absolute atomic E-state index is 0. The summed E-state index contributed by atoms with van der Waals surface area (Å²) in [6.07, 6.45) is 2.50. The number of rotatable bonds is 4. The molecule has 1 aromatic rings. The number of hydrogen-bond donors (Lipinski definition) is 2. The SMILES string of the molecule is CN=C(NCC1CCN(c2ccc(Br)cc2)C1)NC1CC1C.I. The van der Waals surface area contributed by atoms with Gasteiger partial charge in [-0.15, -0.1) is 24.0 Å². The van der Waals surface area contributed by atoms with Gasteiger partial charge in [-0.1, -0.05) is 22.9 Å². The maximum absolute atomic E-state index is 4.33. The van der Waals surface area contributed by atoms with Gasteiger partial charge in [-0.25, -0.2) is 0 Å². The molecule has 2 aliphatic rings. The lowest BCUT2D eigenvalue weighted by molar-refractivity contribution is 0.564. The largest absolute Gasteiger partial charge is 0.371 e. The molecule has 4 nitrogen and oxygen atoms in total. The van der Waals surface area contributed by atoms with Gasteiger partial charge in [-0.3, -0.25) is 4.99 Å². The van der Waals surface area contributed by atoms with Crippen molar-refractivity contribution in [2.75, 3.05) is 31.6 Å². The zero-order valence-corrected chi connectivity index (χ0v) is 17.7. The molecule has 1 aliphatic carbocycles. The Morgan fingerprint density at radius 2 is 2.04 bits per heavy atom. The molecule has 2 fully saturated rings. The van der Waals surface area contributed by atoms with Crippen LogP contribution in [0.2, 0.25) is 0 Å². The van der Waals surface area contributed by atoms with Crippen LogP contribution >= 0.6 is 39.9 Å². The molecule has 0 amide bonds. The van der Waals surface area contributed by atoms with Crippen molar-refractivity contribution in [1.29, 1.82) is 0 Å². The molecule has 3 unspecified atom stereocenters. The monoisotopic (exact) mass is 492 g/mol. The van der Waals surface area contributed by atoms with Gasteiger partial charge >= 0.3 is 0 Å². The van der Waals surface area contributed by atoms with E-state index < -0.39 is 0 Å². The van der Waals surface area contributed by atoms with Crippen LogP contribution in [0.5, 0.6) is 0 Å². The molecule has 1 saturated heterocycles. The first-order valence-electron chi connectivity index (χ1n) is 8.13. The van der Waals surface area contributed by atoms with Crippen molar-refractivity contribution in [3.63, 3.8) is 0 Å². The summed E-state index contributed by atoms with van der Waals surface area (Å²) < 4.78 is 1.14. The standard InChI is InChI=1S/C17H25BrN4.HI/c1-12-9-16(12)21-17(19-2)20-10-13-7-8-22(11-13)15-5-3-14(18)4-6-15;/h3-6,12-13,16H,7-11H2,1-2H3,(H2,19,20,21);1H. The molecule has 23 heavy (non-hydrogen) atoms. The summed E-state index contributed by atoms with van der Waals surface area (Å²) in [5, 5.41) is 6.97. The second-order valence-corrected chi connectivity index (χ2v) is 7.41. The summed E-state index contributed by atoms with van der Waals surface area (Å²) >= 11 is 3.49. The summed E-state index contributed by atoms with van der Waals surface area (Å²) in [6.45, 7) is 5.52. The van der Waals surface area contributed by atoms with Crippen LogP contribution in [-0.2, 0) is 0 Å². The lowest BCUT2D eigenvalue weighted by atomic mass is 10.1. The lowest BCUT2D eigenvalue weighted by Gasteiger charge is -2.19. The highest BCUT2D eigenvalue weighted by atomic mass is 127. The van der Waals surface area contributed by atoms with Crippen LogP contribution in [0, 0.1) is 11.8 Å². The van der Waals surface area contributed by atoms with Gasteiger partial charge in [0.25, 0.3) is 0 Å². The van der Waals surface area contributed by atoms with Crippen LogP contribution < -0.4 is 15.5 Å². The van der Waals surface area contributed by atoms with Crippen molar-refractivity contribution < 1.29 is 0 Å². The van der Waals surface area contributed by atoms with E-state index in [0.29, 0.717) is 12.0 Å². The summed E-state index contributed by atoms with van der Waals surface area (Å²) in [5.41, 5.74) is 1.32. The van der Waals surface area contributed by atoms with Crippen LogP contribution in [0.4, 0.5) is 5.69 Å². The maximum Gasteiger partial charge on any atom is 0.191 e. The van der Waals surface area contributed by atoms with E-state index >= 15 is 0 Å². The Hall–Kier alpha value is -0.500. The van der Waals surface area contributed by atoms with Crippen molar-refractivity contribution in [1.82, 2.24) is 10.6 Å². The molecule has 128 valence electrons. The molecule has 1 saturated carbocycles. The molecular formula is C17H26BrIN4. The van der Waals surface area contributed by atoms with Crippen molar-refractivity contribution >= 4 is 51.6 Å². The number of guanidine groups is 1. The van der Waals surface area contributed by atoms with Crippen molar-refractivity contribution in [3.8, 4) is 0 Å². The molecule has 3 atom stereocenters. The zero-order chi connectivity index (χ0) is 15.5. The third kappa shape index (κ3) is 5.24. The van der Waals surface area contributed by atoms with E-state index in [-0.39, 0.29) is 24.0 Å². The van der Waals surface area contributed by atoms with Gasteiger partial charge < -0.3 is 15.5 Å². The first-order chi connectivity index (χ1) is 10.7. The molecule has 0 aromatic heterocycles. The minimum atomic E-state index is 0.